The van der Waals surface area contributed by atoms with Crippen molar-refractivity contribution < 1.29 is 4.21 Å². The summed E-state index contributed by atoms with van der Waals surface area (Å²) in [7, 11) is -1.05. The Kier molecular flexibility index (Phi) is 4.22. The standard InChI is InChI=1S/C17H25NOS/c1-13-12-17(5,18-20(19)16(2,3)4)11-10-14-8-6-7-9-15(13)14/h6-9,18H,1,10-12H2,2-5H3/t17-,20-/m0/s1. The fourth-order valence-corrected chi connectivity index (χ4v) is 3.54. The summed E-state index contributed by atoms with van der Waals surface area (Å²) in [6, 6.07) is 8.46. The summed E-state index contributed by atoms with van der Waals surface area (Å²) < 4.78 is 15.5. The van der Waals surface area contributed by atoms with Crippen LogP contribution in [0.25, 0.3) is 5.57 Å². The van der Waals surface area contributed by atoms with Crippen molar-refractivity contribution in [3.63, 3.8) is 0 Å². The van der Waals surface area contributed by atoms with E-state index in [-0.39, 0.29) is 10.3 Å². The Labute approximate surface area is 125 Å². The maximum Gasteiger partial charge on any atom is 0.0975 e. The van der Waals surface area contributed by atoms with Gasteiger partial charge in [0, 0.05) is 5.54 Å². The minimum absolute atomic E-state index is 0.158. The van der Waals surface area contributed by atoms with Gasteiger partial charge < -0.3 is 0 Å². The molecule has 0 radical (unpaired) electrons. The molecule has 0 heterocycles. The molecule has 0 bridgehead atoms. The zero-order valence-electron chi connectivity index (χ0n) is 13.0. The van der Waals surface area contributed by atoms with Crippen LogP contribution in [0.5, 0.6) is 0 Å². The van der Waals surface area contributed by atoms with E-state index in [0.717, 1.165) is 24.8 Å². The van der Waals surface area contributed by atoms with Crippen molar-refractivity contribution >= 4 is 16.6 Å². The minimum atomic E-state index is -1.05. The van der Waals surface area contributed by atoms with Crippen LogP contribution in [0.2, 0.25) is 0 Å². The Morgan fingerprint density at radius 2 is 1.95 bits per heavy atom. The first kappa shape index (κ1) is 15.5. The Bertz CT molecular complexity index is 544. The average molecular weight is 291 g/mol. The lowest BCUT2D eigenvalue weighted by Gasteiger charge is -2.32. The maximum absolute atomic E-state index is 12.4. The number of aryl methyl sites for hydroxylation is 1. The molecule has 2 nitrogen and oxygen atoms in total. The van der Waals surface area contributed by atoms with Gasteiger partial charge in [-0.2, -0.15) is 0 Å². The molecule has 110 valence electrons. The van der Waals surface area contributed by atoms with Gasteiger partial charge in [0.15, 0.2) is 0 Å². The molecule has 3 heteroatoms. The molecule has 1 N–H and O–H groups in total. The van der Waals surface area contributed by atoms with E-state index in [0.29, 0.717) is 0 Å². The van der Waals surface area contributed by atoms with Gasteiger partial charge in [0.2, 0.25) is 0 Å². The third-order valence-electron chi connectivity index (χ3n) is 3.84. The van der Waals surface area contributed by atoms with Gasteiger partial charge in [0.1, 0.15) is 0 Å². The van der Waals surface area contributed by atoms with Crippen LogP contribution in [-0.4, -0.2) is 14.5 Å². The van der Waals surface area contributed by atoms with Gasteiger partial charge in [-0.15, -0.1) is 0 Å². The van der Waals surface area contributed by atoms with Crippen LogP contribution in [-0.2, 0) is 17.4 Å². The minimum Gasteiger partial charge on any atom is -0.242 e. The summed E-state index contributed by atoms with van der Waals surface area (Å²) in [6.45, 7) is 12.4. The van der Waals surface area contributed by atoms with Crippen molar-refractivity contribution in [2.24, 2.45) is 0 Å². The molecule has 0 spiro atoms. The van der Waals surface area contributed by atoms with Crippen molar-refractivity contribution in [3.8, 4) is 0 Å². The summed E-state index contributed by atoms with van der Waals surface area (Å²) in [6.07, 6.45) is 2.82. The molecular weight excluding hydrogens is 266 g/mol. The third kappa shape index (κ3) is 3.39. The first-order valence-corrected chi connectivity index (χ1v) is 8.32. The van der Waals surface area contributed by atoms with Gasteiger partial charge >= 0.3 is 0 Å². The lowest BCUT2D eigenvalue weighted by atomic mass is 9.91. The topological polar surface area (TPSA) is 29.1 Å². The summed E-state index contributed by atoms with van der Waals surface area (Å²) in [5.74, 6) is 0. The predicted octanol–water partition coefficient (Wildman–Crippen LogP) is 3.85. The molecular formula is C17H25NOS. The van der Waals surface area contributed by atoms with Crippen molar-refractivity contribution in [2.75, 3.05) is 0 Å². The molecule has 1 aliphatic carbocycles. The number of benzene rings is 1. The molecule has 0 saturated carbocycles. The summed E-state index contributed by atoms with van der Waals surface area (Å²) in [5.41, 5.74) is 3.59. The second-order valence-corrected chi connectivity index (χ2v) is 8.95. The molecule has 1 aromatic carbocycles. The van der Waals surface area contributed by atoms with E-state index in [2.05, 4.69) is 42.5 Å². The number of rotatable bonds is 2. The zero-order chi connectivity index (χ0) is 15.0. The van der Waals surface area contributed by atoms with Crippen molar-refractivity contribution in [2.45, 2.75) is 57.2 Å². The van der Waals surface area contributed by atoms with Gasteiger partial charge in [0.05, 0.1) is 15.7 Å². The third-order valence-corrected chi connectivity index (χ3v) is 5.63. The van der Waals surface area contributed by atoms with E-state index in [4.69, 9.17) is 0 Å². The largest absolute Gasteiger partial charge is 0.242 e. The van der Waals surface area contributed by atoms with E-state index in [1.807, 2.05) is 20.8 Å². The van der Waals surface area contributed by atoms with Crippen molar-refractivity contribution in [1.29, 1.82) is 0 Å². The highest BCUT2D eigenvalue weighted by molar-refractivity contribution is 7.84. The second kappa shape index (κ2) is 5.45. The first-order chi connectivity index (χ1) is 9.21. The van der Waals surface area contributed by atoms with Crippen molar-refractivity contribution in [3.05, 3.63) is 42.0 Å². The summed E-state index contributed by atoms with van der Waals surface area (Å²) >= 11 is 0. The van der Waals surface area contributed by atoms with Crippen LogP contribution in [0, 0.1) is 0 Å². The van der Waals surface area contributed by atoms with E-state index in [9.17, 15) is 4.21 Å². The summed E-state index contributed by atoms with van der Waals surface area (Å²) in [4.78, 5) is 0. The SMILES string of the molecule is C=C1C[C@@](C)(N[S@@](=O)C(C)(C)C)CCc2ccccc21. The quantitative estimate of drug-likeness (QED) is 0.824. The molecule has 0 unspecified atom stereocenters. The van der Waals surface area contributed by atoms with E-state index >= 15 is 0 Å². The van der Waals surface area contributed by atoms with Gasteiger partial charge in [-0.1, -0.05) is 30.8 Å². The van der Waals surface area contributed by atoms with Crippen LogP contribution in [0.15, 0.2) is 30.8 Å². The Morgan fingerprint density at radius 1 is 1.30 bits per heavy atom. The van der Waals surface area contributed by atoms with Gasteiger partial charge in [-0.3, -0.25) is 0 Å². The van der Waals surface area contributed by atoms with Crippen LogP contribution >= 0.6 is 0 Å². The number of nitrogens with one attached hydrogen (secondary N) is 1. The summed E-state index contributed by atoms with van der Waals surface area (Å²) in [5, 5.41) is 0. The molecule has 0 aromatic heterocycles. The van der Waals surface area contributed by atoms with E-state index in [1.165, 1.54) is 11.1 Å². The number of fused-ring (bicyclic) bond motifs is 1. The molecule has 0 fully saturated rings. The molecule has 1 aromatic rings. The highest BCUT2D eigenvalue weighted by Crippen LogP contribution is 2.34. The lowest BCUT2D eigenvalue weighted by Crippen LogP contribution is -2.48. The van der Waals surface area contributed by atoms with Crippen LogP contribution in [0.1, 0.15) is 51.7 Å². The van der Waals surface area contributed by atoms with E-state index in [1.54, 1.807) is 0 Å². The lowest BCUT2D eigenvalue weighted by molar-refractivity contribution is 0.406. The van der Waals surface area contributed by atoms with E-state index < -0.39 is 11.0 Å². The molecule has 0 saturated heterocycles. The highest BCUT2D eigenvalue weighted by Gasteiger charge is 2.33. The molecule has 0 aliphatic heterocycles. The van der Waals surface area contributed by atoms with Gasteiger partial charge in [0.25, 0.3) is 0 Å². The number of hydrogen-bond donors (Lipinski definition) is 1. The van der Waals surface area contributed by atoms with Gasteiger partial charge in [-0.25, -0.2) is 8.93 Å². The second-order valence-electron chi connectivity index (χ2n) is 6.98. The Morgan fingerprint density at radius 3 is 2.60 bits per heavy atom. The predicted molar refractivity (Wildman–Crippen MR) is 87.9 cm³/mol. The zero-order valence-corrected chi connectivity index (χ0v) is 13.8. The van der Waals surface area contributed by atoms with Crippen LogP contribution in [0.4, 0.5) is 0 Å². The van der Waals surface area contributed by atoms with Gasteiger partial charge in [-0.05, 0) is 63.7 Å². The molecule has 2 rings (SSSR count). The first-order valence-electron chi connectivity index (χ1n) is 7.17. The molecule has 20 heavy (non-hydrogen) atoms. The molecule has 1 aliphatic rings. The molecule has 2 atom stereocenters. The maximum atomic E-state index is 12.4. The molecule has 0 amide bonds. The number of hydrogen-bond acceptors (Lipinski definition) is 1. The van der Waals surface area contributed by atoms with Crippen molar-refractivity contribution in [1.82, 2.24) is 4.72 Å². The normalized spacial score (nSPS) is 24.9. The van der Waals surface area contributed by atoms with Crippen LogP contribution < -0.4 is 4.72 Å². The fourth-order valence-electron chi connectivity index (χ4n) is 2.61. The Hall–Kier alpha value is -0.930. The highest BCUT2D eigenvalue weighted by atomic mass is 32.2. The smallest absolute Gasteiger partial charge is 0.0975 e. The Balaban J connectivity index is 2.21. The monoisotopic (exact) mass is 291 g/mol. The average Bonchev–Trinajstić information content (AvgIpc) is 2.46. The van der Waals surface area contributed by atoms with Crippen LogP contribution in [0.3, 0.4) is 0 Å². The fraction of sp³-hybridized carbons (Fsp3) is 0.529.